The van der Waals surface area contributed by atoms with Gasteiger partial charge in [-0.25, -0.2) is 0 Å². The Balaban J connectivity index is 1.69. The number of rotatable bonds is 1. The third kappa shape index (κ3) is 2.08. The van der Waals surface area contributed by atoms with Gasteiger partial charge >= 0.3 is 0 Å². The fourth-order valence-electron chi connectivity index (χ4n) is 7.38. The average molecular weight is 333 g/mol. The largest absolute Gasteiger partial charge is 0.393 e. The standard InChI is InChI=1S/C22H36O2/c1-14(23)21(3)11-9-16-17-8-10-20(2)13-15(24)7-12-22(20,4)19(17)6-5-18(16)21/h14-15,17,19,23-24H,5-13H2,1-4H3/t14-,15-,17-,19-,20+,21+,22-/m1/s1. The van der Waals surface area contributed by atoms with Crippen molar-refractivity contribution >= 4 is 0 Å². The van der Waals surface area contributed by atoms with Gasteiger partial charge in [-0.1, -0.05) is 31.9 Å². The van der Waals surface area contributed by atoms with Gasteiger partial charge < -0.3 is 10.2 Å². The summed E-state index contributed by atoms with van der Waals surface area (Å²) >= 11 is 0. The van der Waals surface area contributed by atoms with E-state index >= 15 is 0 Å². The van der Waals surface area contributed by atoms with Crippen LogP contribution >= 0.6 is 0 Å². The highest BCUT2D eigenvalue weighted by Crippen LogP contribution is 2.68. The van der Waals surface area contributed by atoms with Crippen LogP contribution in [0.5, 0.6) is 0 Å². The summed E-state index contributed by atoms with van der Waals surface area (Å²) in [7, 11) is 0. The minimum Gasteiger partial charge on any atom is -0.393 e. The van der Waals surface area contributed by atoms with Crippen LogP contribution in [0.3, 0.4) is 0 Å². The molecule has 0 aromatic carbocycles. The minimum atomic E-state index is -0.226. The number of fused-ring (bicyclic) bond motifs is 4. The van der Waals surface area contributed by atoms with Crippen molar-refractivity contribution in [3.8, 4) is 0 Å². The molecule has 4 rings (SSSR count). The molecule has 2 nitrogen and oxygen atoms in total. The molecule has 2 fully saturated rings. The number of aliphatic hydroxyl groups excluding tert-OH is 2. The SMILES string of the molecule is C[C@@H](O)[C@]1(C)CCC2=C1CC[C@@H]1[C@@H]2CC[C@@]2(C)C[C@H](O)CC[C@]12C. The van der Waals surface area contributed by atoms with Crippen molar-refractivity contribution in [2.24, 2.45) is 28.1 Å². The molecule has 4 aliphatic carbocycles. The van der Waals surface area contributed by atoms with Crippen molar-refractivity contribution in [3.05, 3.63) is 11.1 Å². The molecule has 2 N–H and O–H groups in total. The molecule has 0 saturated heterocycles. The molecule has 0 spiro atoms. The van der Waals surface area contributed by atoms with Crippen molar-refractivity contribution < 1.29 is 10.2 Å². The second kappa shape index (κ2) is 5.33. The first-order valence-electron chi connectivity index (χ1n) is 10.3. The van der Waals surface area contributed by atoms with Gasteiger partial charge in [0, 0.05) is 5.41 Å². The minimum absolute atomic E-state index is 0.0325. The van der Waals surface area contributed by atoms with E-state index in [0.29, 0.717) is 10.8 Å². The zero-order valence-corrected chi connectivity index (χ0v) is 16.1. The molecule has 0 radical (unpaired) electrons. The van der Waals surface area contributed by atoms with Crippen LogP contribution in [0.2, 0.25) is 0 Å². The summed E-state index contributed by atoms with van der Waals surface area (Å²) in [4.78, 5) is 0. The summed E-state index contributed by atoms with van der Waals surface area (Å²) in [6, 6.07) is 0. The van der Waals surface area contributed by atoms with E-state index in [9.17, 15) is 10.2 Å². The van der Waals surface area contributed by atoms with Crippen molar-refractivity contribution in [2.75, 3.05) is 0 Å². The van der Waals surface area contributed by atoms with Crippen molar-refractivity contribution in [1.29, 1.82) is 0 Å². The van der Waals surface area contributed by atoms with E-state index in [4.69, 9.17) is 0 Å². The van der Waals surface area contributed by atoms with Crippen LogP contribution in [0.4, 0.5) is 0 Å². The number of aliphatic hydroxyl groups is 2. The van der Waals surface area contributed by atoms with Crippen LogP contribution in [-0.4, -0.2) is 22.4 Å². The van der Waals surface area contributed by atoms with Gasteiger partial charge in [0.1, 0.15) is 0 Å². The van der Waals surface area contributed by atoms with Crippen LogP contribution in [0.15, 0.2) is 11.1 Å². The summed E-state index contributed by atoms with van der Waals surface area (Å²) in [5.74, 6) is 1.54. The molecule has 0 aromatic rings. The second-order valence-electron chi connectivity index (χ2n) is 10.3. The van der Waals surface area contributed by atoms with Gasteiger partial charge in [-0.15, -0.1) is 0 Å². The molecule has 0 heterocycles. The zero-order chi connectivity index (χ0) is 17.3. The topological polar surface area (TPSA) is 40.5 Å². The Morgan fingerprint density at radius 3 is 2.46 bits per heavy atom. The lowest BCUT2D eigenvalue weighted by molar-refractivity contribution is -0.130. The summed E-state index contributed by atoms with van der Waals surface area (Å²) in [6.07, 6.45) is 10.3. The quantitative estimate of drug-likeness (QED) is 0.674. The molecule has 0 aromatic heterocycles. The normalized spacial score (nSPS) is 52.5. The monoisotopic (exact) mass is 332 g/mol. The molecule has 7 atom stereocenters. The summed E-state index contributed by atoms with van der Waals surface area (Å²) in [5.41, 5.74) is 4.10. The van der Waals surface area contributed by atoms with Crippen molar-refractivity contribution in [3.63, 3.8) is 0 Å². The van der Waals surface area contributed by atoms with Gasteiger partial charge in [-0.05, 0) is 87.4 Å². The van der Waals surface area contributed by atoms with Gasteiger partial charge in [0.15, 0.2) is 0 Å². The molecule has 2 heteroatoms. The lowest BCUT2D eigenvalue weighted by atomic mass is 9.43. The van der Waals surface area contributed by atoms with Crippen molar-refractivity contribution in [2.45, 2.75) is 97.7 Å². The molecule has 0 aliphatic heterocycles. The fraction of sp³-hybridized carbons (Fsp3) is 0.909. The summed E-state index contributed by atoms with van der Waals surface area (Å²) in [6.45, 7) is 9.30. The molecule has 4 aliphatic rings. The molecular weight excluding hydrogens is 296 g/mol. The van der Waals surface area contributed by atoms with Gasteiger partial charge in [-0.3, -0.25) is 0 Å². The Morgan fingerprint density at radius 1 is 1.00 bits per heavy atom. The van der Waals surface area contributed by atoms with Crippen LogP contribution in [-0.2, 0) is 0 Å². The maximum atomic E-state index is 10.4. The first-order chi connectivity index (χ1) is 11.2. The van der Waals surface area contributed by atoms with Gasteiger partial charge in [0.05, 0.1) is 12.2 Å². The Kier molecular flexibility index (Phi) is 3.80. The number of hydrogen-bond acceptors (Lipinski definition) is 2. The Hall–Kier alpha value is -0.340. The lowest BCUT2D eigenvalue weighted by Gasteiger charge is -2.62. The number of allylic oxidation sites excluding steroid dienone is 1. The van der Waals surface area contributed by atoms with Crippen molar-refractivity contribution in [1.82, 2.24) is 0 Å². The first-order valence-corrected chi connectivity index (χ1v) is 10.3. The maximum Gasteiger partial charge on any atom is 0.0602 e. The lowest BCUT2D eigenvalue weighted by Crippen LogP contribution is -2.55. The fourth-order valence-corrected chi connectivity index (χ4v) is 7.38. The van der Waals surface area contributed by atoms with E-state index in [0.717, 1.165) is 31.1 Å². The summed E-state index contributed by atoms with van der Waals surface area (Å²) in [5, 5.41) is 20.7. The van der Waals surface area contributed by atoms with Gasteiger partial charge in [0.2, 0.25) is 0 Å². The highest BCUT2D eigenvalue weighted by atomic mass is 16.3. The van der Waals surface area contributed by atoms with E-state index in [1.54, 1.807) is 11.1 Å². The molecule has 0 amide bonds. The molecule has 0 unspecified atom stereocenters. The Labute approximate surface area is 147 Å². The highest BCUT2D eigenvalue weighted by Gasteiger charge is 2.59. The smallest absolute Gasteiger partial charge is 0.0602 e. The van der Waals surface area contributed by atoms with E-state index in [1.165, 1.54) is 38.5 Å². The third-order valence-corrected chi connectivity index (χ3v) is 9.44. The number of hydrogen-bond donors (Lipinski definition) is 2. The van der Waals surface area contributed by atoms with E-state index in [1.807, 2.05) is 6.92 Å². The van der Waals surface area contributed by atoms with Crippen LogP contribution in [0, 0.1) is 28.1 Å². The molecule has 24 heavy (non-hydrogen) atoms. The van der Waals surface area contributed by atoms with E-state index < -0.39 is 0 Å². The second-order valence-corrected chi connectivity index (χ2v) is 10.3. The molecule has 136 valence electrons. The Morgan fingerprint density at radius 2 is 1.75 bits per heavy atom. The predicted molar refractivity (Wildman–Crippen MR) is 97.6 cm³/mol. The maximum absolute atomic E-state index is 10.4. The van der Waals surface area contributed by atoms with E-state index in [2.05, 4.69) is 20.8 Å². The van der Waals surface area contributed by atoms with Gasteiger partial charge in [0.25, 0.3) is 0 Å². The Bertz CT molecular complexity index is 564. The molecule has 2 saturated carbocycles. The van der Waals surface area contributed by atoms with Crippen LogP contribution in [0.1, 0.15) is 85.5 Å². The first kappa shape index (κ1) is 17.1. The summed E-state index contributed by atoms with van der Waals surface area (Å²) < 4.78 is 0. The van der Waals surface area contributed by atoms with Crippen LogP contribution in [0.25, 0.3) is 0 Å². The molecule has 0 bridgehead atoms. The van der Waals surface area contributed by atoms with Crippen LogP contribution < -0.4 is 0 Å². The average Bonchev–Trinajstić information content (AvgIpc) is 2.88. The third-order valence-electron chi connectivity index (χ3n) is 9.44. The highest BCUT2D eigenvalue weighted by molar-refractivity contribution is 5.35. The van der Waals surface area contributed by atoms with Gasteiger partial charge in [-0.2, -0.15) is 0 Å². The van der Waals surface area contributed by atoms with E-state index in [-0.39, 0.29) is 17.6 Å². The zero-order valence-electron chi connectivity index (χ0n) is 16.1. The molecular formula is C22H36O2. The predicted octanol–water partition coefficient (Wildman–Crippen LogP) is 4.84.